The molecule has 114 valence electrons. The molecule has 0 aromatic carbocycles. The second kappa shape index (κ2) is 6.35. The SMILES string of the molecule is CC(C)C(N)CCN(C)C(=O)c1n[nH]c(C(C)(C)C)n1. The summed E-state index contributed by atoms with van der Waals surface area (Å²) >= 11 is 0. The first kappa shape index (κ1) is 16.6. The lowest BCUT2D eigenvalue weighted by Crippen LogP contribution is -2.35. The summed E-state index contributed by atoms with van der Waals surface area (Å²) < 4.78 is 0. The lowest BCUT2D eigenvalue weighted by atomic mass is 9.96. The van der Waals surface area contributed by atoms with Crippen LogP contribution in [-0.4, -0.2) is 45.6 Å². The van der Waals surface area contributed by atoms with Crippen LogP contribution in [0.4, 0.5) is 0 Å². The van der Waals surface area contributed by atoms with Crippen molar-refractivity contribution in [3.05, 3.63) is 11.6 Å². The summed E-state index contributed by atoms with van der Waals surface area (Å²) in [5, 5.41) is 6.84. The molecule has 0 bridgehead atoms. The zero-order valence-electron chi connectivity index (χ0n) is 13.4. The number of nitrogens with two attached hydrogens (primary N) is 1. The maximum Gasteiger partial charge on any atom is 0.293 e. The van der Waals surface area contributed by atoms with Crippen LogP contribution in [-0.2, 0) is 5.41 Å². The lowest BCUT2D eigenvalue weighted by molar-refractivity contribution is 0.0777. The fourth-order valence-corrected chi connectivity index (χ4v) is 1.64. The van der Waals surface area contributed by atoms with Crippen molar-refractivity contribution in [2.45, 2.75) is 52.5 Å². The van der Waals surface area contributed by atoms with Gasteiger partial charge in [0.2, 0.25) is 5.82 Å². The topological polar surface area (TPSA) is 87.9 Å². The number of nitrogens with zero attached hydrogens (tertiary/aromatic N) is 3. The number of aromatic amines is 1. The number of carbonyl (C=O) groups is 1. The van der Waals surface area contributed by atoms with Gasteiger partial charge in [0.25, 0.3) is 5.91 Å². The summed E-state index contributed by atoms with van der Waals surface area (Å²) in [7, 11) is 1.75. The van der Waals surface area contributed by atoms with E-state index in [0.29, 0.717) is 18.3 Å². The monoisotopic (exact) mass is 281 g/mol. The largest absolute Gasteiger partial charge is 0.339 e. The Bertz CT molecular complexity index is 447. The molecule has 1 heterocycles. The van der Waals surface area contributed by atoms with Crippen LogP contribution in [0.2, 0.25) is 0 Å². The molecule has 0 aliphatic rings. The predicted octanol–water partition coefficient (Wildman–Crippen LogP) is 1.55. The van der Waals surface area contributed by atoms with Gasteiger partial charge in [0.05, 0.1) is 0 Å². The molecule has 0 aliphatic heterocycles. The molecule has 0 fully saturated rings. The van der Waals surface area contributed by atoms with E-state index >= 15 is 0 Å². The summed E-state index contributed by atoms with van der Waals surface area (Å²) in [5.41, 5.74) is 5.84. The summed E-state index contributed by atoms with van der Waals surface area (Å²) in [6, 6.07) is 0.0996. The van der Waals surface area contributed by atoms with E-state index in [4.69, 9.17) is 5.73 Å². The Hall–Kier alpha value is -1.43. The maximum atomic E-state index is 12.2. The molecular weight excluding hydrogens is 254 g/mol. The Kier molecular flexibility index (Phi) is 5.28. The van der Waals surface area contributed by atoms with Crippen LogP contribution < -0.4 is 5.73 Å². The van der Waals surface area contributed by atoms with Crippen LogP contribution in [0.15, 0.2) is 0 Å². The fraction of sp³-hybridized carbons (Fsp3) is 0.786. The molecule has 0 saturated carbocycles. The van der Waals surface area contributed by atoms with Gasteiger partial charge in [-0.15, -0.1) is 5.10 Å². The molecule has 1 aromatic rings. The number of aromatic nitrogens is 3. The second-order valence-corrected chi connectivity index (χ2v) is 6.68. The molecule has 0 spiro atoms. The third kappa shape index (κ3) is 4.30. The van der Waals surface area contributed by atoms with Gasteiger partial charge in [-0.25, -0.2) is 4.98 Å². The van der Waals surface area contributed by atoms with Gasteiger partial charge in [0.15, 0.2) is 0 Å². The van der Waals surface area contributed by atoms with Crippen molar-refractivity contribution in [2.75, 3.05) is 13.6 Å². The molecule has 1 rings (SSSR count). The average Bonchev–Trinajstić information content (AvgIpc) is 2.83. The van der Waals surface area contributed by atoms with E-state index in [1.807, 2.05) is 20.8 Å². The van der Waals surface area contributed by atoms with E-state index in [0.717, 1.165) is 6.42 Å². The molecule has 1 atom stereocenters. The van der Waals surface area contributed by atoms with Crippen LogP contribution in [0.3, 0.4) is 0 Å². The van der Waals surface area contributed by atoms with Gasteiger partial charge in [-0.3, -0.25) is 9.89 Å². The van der Waals surface area contributed by atoms with Crippen LogP contribution in [0.25, 0.3) is 0 Å². The van der Waals surface area contributed by atoms with E-state index in [-0.39, 0.29) is 23.2 Å². The molecule has 1 aromatic heterocycles. The quantitative estimate of drug-likeness (QED) is 0.857. The van der Waals surface area contributed by atoms with E-state index in [9.17, 15) is 4.79 Å². The zero-order valence-corrected chi connectivity index (χ0v) is 13.4. The van der Waals surface area contributed by atoms with Gasteiger partial charge in [0, 0.05) is 25.0 Å². The van der Waals surface area contributed by atoms with Gasteiger partial charge >= 0.3 is 0 Å². The average molecular weight is 281 g/mol. The van der Waals surface area contributed by atoms with Gasteiger partial charge in [-0.05, 0) is 12.3 Å². The van der Waals surface area contributed by atoms with Crippen molar-refractivity contribution in [1.82, 2.24) is 20.1 Å². The Morgan fingerprint density at radius 2 is 2.00 bits per heavy atom. The van der Waals surface area contributed by atoms with Crippen LogP contribution in [0.1, 0.15) is 57.5 Å². The second-order valence-electron chi connectivity index (χ2n) is 6.68. The Balaban J connectivity index is 2.63. The summed E-state index contributed by atoms with van der Waals surface area (Å²) in [5.74, 6) is 1.17. The van der Waals surface area contributed by atoms with Crippen molar-refractivity contribution < 1.29 is 4.79 Å². The third-order valence-corrected chi connectivity index (χ3v) is 3.39. The minimum Gasteiger partial charge on any atom is -0.339 e. The van der Waals surface area contributed by atoms with Crippen LogP contribution in [0, 0.1) is 5.92 Å². The van der Waals surface area contributed by atoms with Gasteiger partial charge < -0.3 is 10.6 Å². The minimum absolute atomic E-state index is 0.0996. The van der Waals surface area contributed by atoms with Gasteiger partial charge in [-0.1, -0.05) is 34.6 Å². The number of rotatable bonds is 5. The number of nitrogens with one attached hydrogen (secondary N) is 1. The van der Waals surface area contributed by atoms with Crippen molar-refractivity contribution in [1.29, 1.82) is 0 Å². The van der Waals surface area contributed by atoms with Crippen molar-refractivity contribution in [3.8, 4) is 0 Å². The first-order chi connectivity index (χ1) is 9.12. The number of carbonyl (C=O) groups excluding carboxylic acids is 1. The molecule has 1 unspecified atom stereocenters. The van der Waals surface area contributed by atoms with Crippen molar-refractivity contribution in [3.63, 3.8) is 0 Å². The Morgan fingerprint density at radius 3 is 2.45 bits per heavy atom. The maximum absolute atomic E-state index is 12.2. The molecule has 3 N–H and O–H groups in total. The van der Waals surface area contributed by atoms with Gasteiger partial charge in [-0.2, -0.15) is 0 Å². The highest BCUT2D eigenvalue weighted by atomic mass is 16.2. The molecule has 6 nitrogen and oxygen atoms in total. The van der Waals surface area contributed by atoms with Crippen LogP contribution >= 0.6 is 0 Å². The molecule has 20 heavy (non-hydrogen) atoms. The number of hydrogen-bond acceptors (Lipinski definition) is 4. The molecule has 6 heteroatoms. The fourth-order valence-electron chi connectivity index (χ4n) is 1.64. The smallest absolute Gasteiger partial charge is 0.293 e. The Labute approximate surface area is 121 Å². The summed E-state index contributed by atoms with van der Waals surface area (Å²) in [6.07, 6.45) is 0.774. The first-order valence-corrected chi connectivity index (χ1v) is 7.07. The minimum atomic E-state index is -0.173. The van der Waals surface area contributed by atoms with Crippen molar-refractivity contribution in [2.24, 2.45) is 11.7 Å². The highest BCUT2D eigenvalue weighted by Gasteiger charge is 2.23. The highest BCUT2D eigenvalue weighted by molar-refractivity contribution is 5.90. The van der Waals surface area contributed by atoms with Crippen molar-refractivity contribution >= 4 is 5.91 Å². The standard InChI is InChI=1S/C14H27N5O/c1-9(2)10(15)7-8-19(6)12(20)11-16-13(18-17-11)14(3,4)5/h9-10H,7-8,15H2,1-6H3,(H,16,17,18). The first-order valence-electron chi connectivity index (χ1n) is 7.07. The molecule has 0 radical (unpaired) electrons. The molecule has 1 amide bonds. The predicted molar refractivity (Wildman–Crippen MR) is 79.5 cm³/mol. The van der Waals surface area contributed by atoms with E-state index in [1.54, 1.807) is 11.9 Å². The molecule has 0 saturated heterocycles. The zero-order chi connectivity index (χ0) is 15.5. The molecule has 0 aliphatic carbocycles. The Morgan fingerprint density at radius 1 is 1.40 bits per heavy atom. The van der Waals surface area contributed by atoms with E-state index < -0.39 is 0 Å². The number of H-pyrrole nitrogens is 1. The molecular formula is C14H27N5O. The van der Waals surface area contributed by atoms with E-state index in [2.05, 4.69) is 29.0 Å². The van der Waals surface area contributed by atoms with E-state index in [1.165, 1.54) is 0 Å². The number of hydrogen-bond donors (Lipinski definition) is 2. The third-order valence-electron chi connectivity index (χ3n) is 3.39. The highest BCUT2D eigenvalue weighted by Crippen LogP contribution is 2.17. The lowest BCUT2D eigenvalue weighted by Gasteiger charge is -2.20. The normalized spacial score (nSPS) is 13.6. The van der Waals surface area contributed by atoms with Crippen LogP contribution in [0.5, 0.6) is 0 Å². The summed E-state index contributed by atoms with van der Waals surface area (Å²) in [6.45, 7) is 10.8. The summed E-state index contributed by atoms with van der Waals surface area (Å²) in [4.78, 5) is 18.1. The van der Waals surface area contributed by atoms with Gasteiger partial charge in [0.1, 0.15) is 5.82 Å². The number of amides is 1.